The van der Waals surface area contributed by atoms with E-state index in [2.05, 4.69) is 11.8 Å². The van der Waals surface area contributed by atoms with Crippen LogP contribution in [-0.2, 0) is 4.79 Å². The predicted molar refractivity (Wildman–Crippen MR) is 110 cm³/mol. The van der Waals surface area contributed by atoms with Crippen LogP contribution in [0.15, 0.2) is 29.2 Å². The first-order valence-electron chi connectivity index (χ1n) is 9.88. The Labute approximate surface area is 165 Å². The highest BCUT2D eigenvalue weighted by atomic mass is 32.2. The third-order valence-electron chi connectivity index (χ3n) is 4.86. The lowest BCUT2D eigenvalue weighted by Crippen LogP contribution is -2.42. The summed E-state index contributed by atoms with van der Waals surface area (Å²) in [6.07, 6.45) is 8.71. The number of carbonyl (C=O) groups excluding carboxylic acids is 2. The van der Waals surface area contributed by atoms with Crippen LogP contribution in [0.4, 0.5) is 4.79 Å². The lowest BCUT2D eigenvalue weighted by molar-refractivity contribution is -0.124. The van der Waals surface area contributed by atoms with Gasteiger partial charge in [-0.15, -0.1) is 0 Å². The molecule has 2 saturated heterocycles. The molecule has 0 aromatic heterocycles. The van der Waals surface area contributed by atoms with Crippen molar-refractivity contribution in [2.24, 2.45) is 0 Å². The summed E-state index contributed by atoms with van der Waals surface area (Å²) >= 11 is 1.03. The van der Waals surface area contributed by atoms with Crippen LogP contribution in [0.5, 0.6) is 5.75 Å². The van der Waals surface area contributed by atoms with E-state index in [1.165, 1.54) is 24.2 Å². The predicted octanol–water partition coefficient (Wildman–Crippen LogP) is 4.74. The van der Waals surface area contributed by atoms with Crippen molar-refractivity contribution >= 4 is 29.0 Å². The van der Waals surface area contributed by atoms with E-state index in [-0.39, 0.29) is 11.1 Å². The van der Waals surface area contributed by atoms with Gasteiger partial charge in [0.05, 0.1) is 18.2 Å². The van der Waals surface area contributed by atoms with Crippen LogP contribution in [0.2, 0.25) is 0 Å². The van der Waals surface area contributed by atoms with E-state index in [1.54, 1.807) is 6.08 Å². The van der Waals surface area contributed by atoms with Crippen LogP contribution in [0.3, 0.4) is 0 Å². The number of thioether (sulfide) groups is 1. The molecule has 0 unspecified atom stereocenters. The molecule has 0 atom stereocenters. The van der Waals surface area contributed by atoms with Gasteiger partial charge < -0.3 is 4.74 Å². The minimum absolute atomic E-state index is 0.173. The summed E-state index contributed by atoms with van der Waals surface area (Å²) in [6, 6.07) is 7.67. The van der Waals surface area contributed by atoms with E-state index >= 15 is 0 Å². The van der Waals surface area contributed by atoms with E-state index in [9.17, 15) is 9.59 Å². The second-order valence-electron chi connectivity index (χ2n) is 7.05. The van der Waals surface area contributed by atoms with Gasteiger partial charge in [0.1, 0.15) is 5.75 Å². The summed E-state index contributed by atoms with van der Waals surface area (Å²) in [4.78, 5) is 28.9. The Hall–Kier alpha value is -1.79. The molecule has 0 saturated carbocycles. The Morgan fingerprint density at radius 2 is 1.81 bits per heavy atom. The quantitative estimate of drug-likeness (QED) is 0.476. The largest absolute Gasteiger partial charge is 0.494 e. The molecule has 6 heteroatoms. The molecular formula is C21H28N2O3S. The Morgan fingerprint density at radius 1 is 1.07 bits per heavy atom. The molecule has 0 radical (unpaired) electrons. The number of unbranched alkanes of at least 4 members (excludes halogenated alkanes) is 2. The van der Waals surface area contributed by atoms with Gasteiger partial charge in [-0.05, 0) is 67.9 Å². The highest BCUT2D eigenvalue weighted by Gasteiger charge is 2.36. The molecule has 0 spiro atoms. The third-order valence-corrected chi connectivity index (χ3v) is 5.77. The van der Waals surface area contributed by atoms with Gasteiger partial charge in [-0.25, -0.2) is 0 Å². The van der Waals surface area contributed by atoms with Crippen molar-refractivity contribution in [2.45, 2.75) is 45.4 Å². The molecule has 1 aromatic rings. The fraction of sp³-hybridized carbons (Fsp3) is 0.524. The smallest absolute Gasteiger partial charge is 0.294 e. The maximum Gasteiger partial charge on any atom is 0.294 e. The van der Waals surface area contributed by atoms with Crippen molar-refractivity contribution in [1.29, 1.82) is 0 Å². The average molecular weight is 389 g/mol. The lowest BCUT2D eigenvalue weighted by Gasteiger charge is -2.29. The molecule has 2 aliphatic rings. The molecule has 27 heavy (non-hydrogen) atoms. The lowest BCUT2D eigenvalue weighted by atomic mass is 10.1. The zero-order chi connectivity index (χ0) is 19.1. The Morgan fingerprint density at radius 3 is 2.52 bits per heavy atom. The molecular weight excluding hydrogens is 360 g/mol. The molecule has 2 amide bonds. The number of rotatable bonds is 8. The maximum absolute atomic E-state index is 12.6. The number of hydrogen-bond acceptors (Lipinski definition) is 5. The minimum atomic E-state index is -0.185. The SMILES string of the molecule is CCCCCOc1ccc(/C=C2/SC(=O)N(CN3CCCCC3)C2=O)cc1. The summed E-state index contributed by atoms with van der Waals surface area (Å²) in [5.41, 5.74) is 0.902. The van der Waals surface area contributed by atoms with E-state index in [1.807, 2.05) is 24.3 Å². The van der Waals surface area contributed by atoms with Crippen molar-refractivity contribution in [2.75, 3.05) is 26.4 Å². The number of carbonyl (C=O) groups is 2. The normalized spacial score (nSPS) is 19.9. The molecule has 3 rings (SSSR count). The molecule has 2 heterocycles. The van der Waals surface area contributed by atoms with Crippen LogP contribution < -0.4 is 4.74 Å². The van der Waals surface area contributed by atoms with E-state index in [0.717, 1.165) is 62.0 Å². The zero-order valence-electron chi connectivity index (χ0n) is 16.0. The second kappa shape index (κ2) is 9.95. The number of hydrogen-bond donors (Lipinski definition) is 0. The van der Waals surface area contributed by atoms with Crippen molar-refractivity contribution in [3.63, 3.8) is 0 Å². The Balaban J connectivity index is 1.58. The first-order valence-corrected chi connectivity index (χ1v) is 10.7. The van der Waals surface area contributed by atoms with Gasteiger partial charge in [-0.1, -0.05) is 38.3 Å². The van der Waals surface area contributed by atoms with E-state index in [4.69, 9.17) is 4.74 Å². The monoisotopic (exact) mass is 388 g/mol. The fourth-order valence-corrected chi connectivity index (χ4v) is 4.11. The summed E-state index contributed by atoms with van der Waals surface area (Å²) < 4.78 is 5.71. The van der Waals surface area contributed by atoms with Crippen LogP contribution in [-0.4, -0.2) is 47.3 Å². The van der Waals surface area contributed by atoms with Crippen molar-refractivity contribution in [1.82, 2.24) is 9.80 Å². The summed E-state index contributed by atoms with van der Waals surface area (Å²) in [5, 5.41) is -0.173. The third kappa shape index (κ3) is 5.59. The number of piperidine rings is 1. The fourth-order valence-electron chi connectivity index (χ4n) is 3.28. The number of benzene rings is 1. The zero-order valence-corrected chi connectivity index (χ0v) is 16.8. The van der Waals surface area contributed by atoms with E-state index < -0.39 is 0 Å². The van der Waals surface area contributed by atoms with Gasteiger partial charge in [-0.2, -0.15) is 0 Å². The Kier molecular flexibility index (Phi) is 7.35. The highest BCUT2D eigenvalue weighted by Crippen LogP contribution is 2.32. The van der Waals surface area contributed by atoms with Crippen molar-refractivity contribution < 1.29 is 14.3 Å². The van der Waals surface area contributed by atoms with Crippen LogP contribution in [0.1, 0.15) is 51.0 Å². The van der Waals surface area contributed by atoms with Gasteiger partial charge in [0.25, 0.3) is 11.1 Å². The number of ether oxygens (including phenoxy) is 1. The maximum atomic E-state index is 12.6. The molecule has 146 valence electrons. The van der Waals surface area contributed by atoms with Crippen molar-refractivity contribution in [3.05, 3.63) is 34.7 Å². The topological polar surface area (TPSA) is 49.9 Å². The highest BCUT2D eigenvalue weighted by molar-refractivity contribution is 8.18. The van der Waals surface area contributed by atoms with Gasteiger partial charge in [0.2, 0.25) is 0 Å². The van der Waals surface area contributed by atoms with Crippen molar-refractivity contribution in [3.8, 4) is 5.75 Å². The second-order valence-corrected chi connectivity index (χ2v) is 8.05. The number of nitrogens with zero attached hydrogens (tertiary/aromatic N) is 2. The average Bonchev–Trinajstić information content (AvgIpc) is 2.95. The standard InChI is InChI=1S/C21H28N2O3S/c1-2-3-7-14-26-18-10-8-17(9-11-18)15-19-20(24)23(21(25)27-19)16-22-12-5-4-6-13-22/h8-11,15H,2-7,12-14,16H2,1H3/b19-15+. The molecule has 2 aliphatic heterocycles. The Bertz CT molecular complexity index is 681. The summed E-state index contributed by atoms with van der Waals surface area (Å²) in [6.45, 7) is 5.22. The molecule has 0 bridgehead atoms. The molecule has 1 aromatic carbocycles. The first-order chi connectivity index (χ1) is 13.2. The van der Waals surface area contributed by atoms with Gasteiger partial charge in [-0.3, -0.25) is 19.4 Å². The van der Waals surface area contributed by atoms with E-state index in [0.29, 0.717) is 11.6 Å². The van der Waals surface area contributed by atoms with Gasteiger partial charge in [0.15, 0.2) is 0 Å². The molecule has 0 aliphatic carbocycles. The molecule has 5 nitrogen and oxygen atoms in total. The van der Waals surface area contributed by atoms with Gasteiger partial charge >= 0.3 is 0 Å². The summed E-state index contributed by atoms with van der Waals surface area (Å²) in [7, 11) is 0. The molecule has 2 fully saturated rings. The first kappa shape index (κ1) is 20.0. The van der Waals surface area contributed by atoms with Crippen LogP contribution in [0, 0.1) is 0 Å². The number of imide groups is 1. The van der Waals surface area contributed by atoms with Crippen LogP contribution >= 0.6 is 11.8 Å². The van der Waals surface area contributed by atoms with Gasteiger partial charge in [0, 0.05) is 0 Å². The molecule has 0 N–H and O–H groups in total. The summed E-state index contributed by atoms with van der Waals surface area (Å²) in [5.74, 6) is 0.650. The number of amides is 2. The number of likely N-dealkylation sites (tertiary alicyclic amines) is 1. The van der Waals surface area contributed by atoms with Crippen LogP contribution in [0.25, 0.3) is 6.08 Å². The minimum Gasteiger partial charge on any atom is -0.494 e.